The van der Waals surface area contributed by atoms with Crippen molar-refractivity contribution in [3.05, 3.63) is 35.0 Å². The third-order valence-electron chi connectivity index (χ3n) is 2.93. The maximum Gasteiger partial charge on any atom is 0.352 e. The van der Waals surface area contributed by atoms with Gasteiger partial charge in [-0.25, -0.2) is 4.79 Å². The van der Waals surface area contributed by atoms with Crippen molar-refractivity contribution in [3.63, 3.8) is 0 Å². The van der Waals surface area contributed by atoms with Gasteiger partial charge < -0.3 is 14.4 Å². The van der Waals surface area contributed by atoms with Gasteiger partial charge in [0.2, 0.25) is 0 Å². The first-order valence-electron chi connectivity index (χ1n) is 5.38. The summed E-state index contributed by atoms with van der Waals surface area (Å²) < 4.78 is 6.76. The van der Waals surface area contributed by atoms with E-state index >= 15 is 0 Å². The molecule has 2 aromatic rings. The molecule has 0 saturated heterocycles. The summed E-state index contributed by atoms with van der Waals surface area (Å²) in [4.78, 5) is 11.3. The van der Waals surface area contributed by atoms with Crippen LogP contribution in [0.5, 0.6) is 0 Å². The Kier molecular flexibility index (Phi) is 2.90. The van der Waals surface area contributed by atoms with Gasteiger partial charge in [0.05, 0.1) is 5.52 Å². The zero-order chi connectivity index (χ0) is 12.6. The Morgan fingerprint density at radius 1 is 1.41 bits per heavy atom. The van der Waals surface area contributed by atoms with Gasteiger partial charge in [-0.2, -0.15) is 0 Å². The Morgan fingerprint density at radius 3 is 2.71 bits per heavy atom. The Bertz CT molecular complexity index is 584. The summed E-state index contributed by atoms with van der Waals surface area (Å²) in [6.45, 7) is 4.07. The molecular weight excluding hydrogens is 218 g/mol. The summed E-state index contributed by atoms with van der Waals surface area (Å²) >= 11 is 0. The molecule has 0 atom stereocenters. The van der Waals surface area contributed by atoms with Gasteiger partial charge in [-0.1, -0.05) is 11.6 Å². The highest BCUT2D eigenvalue weighted by molar-refractivity contribution is 5.98. The quantitative estimate of drug-likeness (QED) is 0.886. The summed E-state index contributed by atoms with van der Waals surface area (Å²) in [5.74, 6) is -0.923. The average molecular weight is 233 g/mol. The number of methoxy groups -OCH3 is 1. The van der Waals surface area contributed by atoms with E-state index in [1.54, 1.807) is 11.7 Å². The Labute approximate surface area is 99.4 Å². The van der Waals surface area contributed by atoms with Crippen LogP contribution in [0, 0.1) is 13.8 Å². The fraction of sp³-hybridized carbons (Fsp3) is 0.308. The van der Waals surface area contributed by atoms with E-state index in [0.29, 0.717) is 5.69 Å². The smallest absolute Gasteiger partial charge is 0.352 e. The zero-order valence-electron chi connectivity index (χ0n) is 10.2. The van der Waals surface area contributed by atoms with Crippen molar-refractivity contribution >= 4 is 16.9 Å². The van der Waals surface area contributed by atoms with E-state index in [-0.39, 0.29) is 6.73 Å². The molecule has 0 spiro atoms. The van der Waals surface area contributed by atoms with Crippen LogP contribution in [0.3, 0.4) is 0 Å². The van der Waals surface area contributed by atoms with Crippen molar-refractivity contribution in [2.45, 2.75) is 20.6 Å². The third kappa shape index (κ3) is 1.80. The lowest BCUT2D eigenvalue weighted by molar-refractivity contribution is 0.0663. The van der Waals surface area contributed by atoms with E-state index in [1.165, 1.54) is 0 Å². The molecule has 17 heavy (non-hydrogen) atoms. The molecule has 1 aromatic heterocycles. The van der Waals surface area contributed by atoms with Gasteiger partial charge in [0, 0.05) is 12.5 Å². The molecule has 4 nitrogen and oxygen atoms in total. The number of rotatable bonds is 3. The number of aromatic nitrogens is 1. The third-order valence-corrected chi connectivity index (χ3v) is 2.93. The minimum absolute atomic E-state index is 0.245. The number of hydrogen-bond donors (Lipinski definition) is 1. The van der Waals surface area contributed by atoms with E-state index < -0.39 is 5.97 Å². The number of carboxylic acids is 1. The van der Waals surface area contributed by atoms with Crippen LogP contribution in [0.25, 0.3) is 10.9 Å². The molecule has 2 rings (SSSR count). The van der Waals surface area contributed by atoms with Crippen LogP contribution >= 0.6 is 0 Å². The molecule has 1 aromatic carbocycles. The summed E-state index contributed by atoms with van der Waals surface area (Å²) in [6, 6.07) is 5.91. The molecule has 0 radical (unpaired) electrons. The highest BCUT2D eigenvalue weighted by Gasteiger charge is 2.19. The first-order valence-corrected chi connectivity index (χ1v) is 5.38. The van der Waals surface area contributed by atoms with Crippen molar-refractivity contribution < 1.29 is 14.6 Å². The van der Waals surface area contributed by atoms with Crippen LogP contribution in [0.2, 0.25) is 0 Å². The number of aryl methyl sites for hydroxylation is 2. The molecule has 0 aliphatic carbocycles. The molecule has 0 aliphatic heterocycles. The second-order valence-electron chi connectivity index (χ2n) is 4.15. The molecule has 4 heteroatoms. The van der Waals surface area contributed by atoms with Gasteiger partial charge >= 0.3 is 5.97 Å². The molecule has 0 aliphatic rings. The lowest BCUT2D eigenvalue weighted by atomic mass is 10.1. The Hall–Kier alpha value is -1.81. The van der Waals surface area contributed by atoms with Crippen LogP contribution in [0.1, 0.15) is 21.6 Å². The van der Waals surface area contributed by atoms with Gasteiger partial charge in [0.25, 0.3) is 0 Å². The molecule has 1 N–H and O–H groups in total. The van der Waals surface area contributed by atoms with Crippen molar-refractivity contribution in [1.29, 1.82) is 0 Å². The van der Waals surface area contributed by atoms with Gasteiger partial charge in [0.1, 0.15) is 12.4 Å². The number of carbonyl (C=O) groups is 1. The van der Waals surface area contributed by atoms with Crippen LogP contribution in [-0.4, -0.2) is 22.8 Å². The van der Waals surface area contributed by atoms with Crippen molar-refractivity contribution in [1.82, 2.24) is 4.57 Å². The lowest BCUT2D eigenvalue weighted by Gasteiger charge is -2.06. The molecule has 0 unspecified atom stereocenters. The minimum Gasteiger partial charge on any atom is -0.477 e. The number of aromatic carboxylic acids is 1. The van der Waals surface area contributed by atoms with Gasteiger partial charge in [-0.3, -0.25) is 0 Å². The molecule has 90 valence electrons. The topological polar surface area (TPSA) is 51.5 Å². The Morgan fingerprint density at radius 2 is 2.12 bits per heavy atom. The number of hydrogen-bond acceptors (Lipinski definition) is 2. The van der Waals surface area contributed by atoms with E-state index in [1.807, 2.05) is 32.0 Å². The normalized spacial score (nSPS) is 11.0. The second-order valence-corrected chi connectivity index (χ2v) is 4.15. The number of ether oxygens (including phenoxy) is 1. The maximum absolute atomic E-state index is 11.3. The number of nitrogens with zero attached hydrogens (tertiary/aromatic N) is 1. The maximum atomic E-state index is 11.3. The van der Waals surface area contributed by atoms with Gasteiger partial charge in [0.15, 0.2) is 0 Å². The first kappa shape index (κ1) is 11.7. The van der Waals surface area contributed by atoms with E-state index in [2.05, 4.69) is 0 Å². The number of benzene rings is 1. The first-order chi connectivity index (χ1) is 8.06. The number of fused-ring (bicyclic) bond motifs is 1. The van der Waals surface area contributed by atoms with Crippen molar-refractivity contribution in [3.8, 4) is 0 Å². The fourth-order valence-electron chi connectivity index (χ4n) is 2.18. The molecule has 0 saturated carbocycles. The molecule has 0 amide bonds. The van der Waals surface area contributed by atoms with E-state index in [0.717, 1.165) is 22.0 Å². The zero-order valence-corrected chi connectivity index (χ0v) is 10.2. The van der Waals surface area contributed by atoms with Crippen LogP contribution in [0.4, 0.5) is 0 Å². The summed E-state index contributed by atoms with van der Waals surface area (Å²) in [6.07, 6.45) is 0. The van der Waals surface area contributed by atoms with Crippen molar-refractivity contribution in [2.24, 2.45) is 0 Å². The highest BCUT2D eigenvalue weighted by atomic mass is 16.5. The standard InChI is InChI=1S/C13H15NO3/c1-8-4-5-11-10(6-8)9(2)12(13(15)16)14(11)7-17-3/h4-6H,7H2,1-3H3,(H,15,16). The van der Waals surface area contributed by atoms with Gasteiger partial charge in [-0.15, -0.1) is 0 Å². The average Bonchev–Trinajstić information content (AvgIpc) is 2.53. The number of carboxylic acid groups (broad SMARTS) is 1. The van der Waals surface area contributed by atoms with Crippen LogP contribution < -0.4 is 0 Å². The monoisotopic (exact) mass is 233 g/mol. The van der Waals surface area contributed by atoms with E-state index in [9.17, 15) is 9.90 Å². The second kappa shape index (κ2) is 4.22. The summed E-state index contributed by atoms with van der Waals surface area (Å²) in [5.41, 5.74) is 3.10. The largest absolute Gasteiger partial charge is 0.477 e. The van der Waals surface area contributed by atoms with Crippen LogP contribution in [-0.2, 0) is 11.5 Å². The molecule has 0 bridgehead atoms. The molecule has 0 fully saturated rings. The van der Waals surface area contributed by atoms with Gasteiger partial charge in [-0.05, 0) is 31.5 Å². The Balaban J connectivity index is 2.82. The molecule has 1 heterocycles. The fourth-order valence-corrected chi connectivity index (χ4v) is 2.18. The van der Waals surface area contributed by atoms with E-state index in [4.69, 9.17) is 4.74 Å². The SMILES string of the molecule is COCn1c(C(=O)O)c(C)c2cc(C)ccc21. The predicted octanol–water partition coefficient (Wildman–Crippen LogP) is 2.56. The summed E-state index contributed by atoms with van der Waals surface area (Å²) in [7, 11) is 1.56. The highest BCUT2D eigenvalue weighted by Crippen LogP contribution is 2.26. The molecular formula is C13H15NO3. The van der Waals surface area contributed by atoms with Crippen molar-refractivity contribution in [2.75, 3.05) is 7.11 Å². The minimum atomic E-state index is -0.923. The van der Waals surface area contributed by atoms with Crippen LogP contribution in [0.15, 0.2) is 18.2 Å². The predicted molar refractivity (Wildman–Crippen MR) is 65.4 cm³/mol. The lowest BCUT2D eigenvalue weighted by Crippen LogP contribution is -2.10. The summed E-state index contributed by atoms with van der Waals surface area (Å²) in [5, 5.41) is 10.2.